The molecule has 7 heteroatoms. The van der Waals surface area contributed by atoms with Crippen LogP contribution < -0.4 is 34.7 Å². The van der Waals surface area contributed by atoms with Crippen LogP contribution in [-0.2, 0) is 9.53 Å². The van der Waals surface area contributed by atoms with Gasteiger partial charge >= 0.3 is 29.6 Å². The fraction of sp³-hybridized carbons (Fsp3) is 0.381. The number of nitrogens with zero attached hydrogens (tertiary/aromatic N) is 2. The summed E-state index contributed by atoms with van der Waals surface area (Å²) in [5, 5.41) is 10.7. The quantitative estimate of drug-likeness (QED) is 0.456. The number of hydrogen-bond donors (Lipinski definition) is 0. The molecule has 1 saturated heterocycles. The van der Waals surface area contributed by atoms with E-state index >= 15 is 0 Å². The number of carbonyl (C=O) groups excluding carboxylic acids is 1. The van der Waals surface area contributed by atoms with Gasteiger partial charge in [-0.2, -0.15) is 0 Å². The SMILES string of the molecule is O.O=C([O-])CN1CCN(CCOC(c2ccccc2)c2ccccc2)CC1.[Na+]. The van der Waals surface area contributed by atoms with Crippen LogP contribution in [0, 0.1) is 0 Å². The molecule has 1 fully saturated rings. The van der Waals surface area contributed by atoms with Crippen molar-refractivity contribution in [3.8, 4) is 0 Å². The summed E-state index contributed by atoms with van der Waals surface area (Å²) in [6.07, 6.45) is -0.0724. The molecule has 0 amide bonds. The summed E-state index contributed by atoms with van der Waals surface area (Å²) in [5.41, 5.74) is 2.30. The van der Waals surface area contributed by atoms with E-state index in [-0.39, 0.29) is 47.7 Å². The largest absolute Gasteiger partial charge is 1.00 e. The first-order valence-corrected chi connectivity index (χ1v) is 9.08. The number of hydrogen-bond acceptors (Lipinski definition) is 5. The van der Waals surface area contributed by atoms with E-state index in [1.54, 1.807) is 0 Å². The van der Waals surface area contributed by atoms with Crippen LogP contribution in [0.4, 0.5) is 0 Å². The monoisotopic (exact) mass is 394 g/mol. The summed E-state index contributed by atoms with van der Waals surface area (Å²) >= 11 is 0. The average Bonchev–Trinajstić information content (AvgIpc) is 2.67. The van der Waals surface area contributed by atoms with Crippen molar-refractivity contribution in [3.05, 3.63) is 71.8 Å². The van der Waals surface area contributed by atoms with Crippen LogP contribution in [0.25, 0.3) is 0 Å². The zero-order valence-corrected chi connectivity index (χ0v) is 18.4. The molecule has 3 rings (SSSR count). The van der Waals surface area contributed by atoms with Crippen LogP contribution in [-0.4, -0.2) is 67.1 Å². The van der Waals surface area contributed by atoms with Crippen LogP contribution in [0.1, 0.15) is 17.2 Å². The van der Waals surface area contributed by atoms with Crippen LogP contribution in [0.15, 0.2) is 60.7 Å². The normalized spacial score (nSPS) is 14.9. The Kier molecular flexibility index (Phi) is 11.6. The second-order valence-corrected chi connectivity index (χ2v) is 6.56. The van der Waals surface area contributed by atoms with Gasteiger partial charge in [0.25, 0.3) is 0 Å². The smallest absolute Gasteiger partial charge is 0.549 e. The summed E-state index contributed by atoms with van der Waals surface area (Å²) in [6.45, 7) is 4.73. The van der Waals surface area contributed by atoms with E-state index in [0.29, 0.717) is 6.61 Å². The molecular formula is C21H27N2NaO4. The maximum Gasteiger partial charge on any atom is 1.00 e. The number of carboxylic acid groups (broad SMARTS) is 1. The van der Waals surface area contributed by atoms with E-state index < -0.39 is 5.97 Å². The molecule has 1 heterocycles. The Balaban J connectivity index is 0.00000196. The van der Waals surface area contributed by atoms with Crippen molar-refractivity contribution in [2.75, 3.05) is 45.9 Å². The molecule has 0 atom stereocenters. The maximum atomic E-state index is 10.7. The summed E-state index contributed by atoms with van der Waals surface area (Å²) in [4.78, 5) is 14.9. The van der Waals surface area contributed by atoms with Gasteiger partial charge in [0.15, 0.2) is 0 Å². The Labute approximate surface area is 188 Å². The Bertz CT molecular complexity index is 640. The molecule has 0 radical (unpaired) electrons. The van der Waals surface area contributed by atoms with Gasteiger partial charge in [-0.3, -0.25) is 9.80 Å². The number of carboxylic acids is 1. The molecule has 0 spiro atoms. The Morgan fingerprint density at radius 1 is 0.893 bits per heavy atom. The first-order chi connectivity index (χ1) is 12.7. The number of aliphatic carboxylic acids is 1. The number of rotatable bonds is 8. The van der Waals surface area contributed by atoms with Gasteiger partial charge in [0.2, 0.25) is 0 Å². The zero-order valence-electron chi connectivity index (χ0n) is 16.4. The third-order valence-corrected chi connectivity index (χ3v) is 4.71. The van der Waals surface area contributed by atoms with Gasteiger partial charge in [-0.15, -0.1) is 0 Å². The van der Waals surface area contributed by atoms with Gasteiger partial charge in [0.1, 0.15) is 6.10 Å². The second-order valence-electron chi connectivity index (χ2n) is 6.56. The van der Waals surface area contributed by atoms with E-state index in [1.165, 1.54) is 0 Å². The number of carbonyl (C=O) groups is 1. The van der Waals surface area contributed by atoms with Crippen molar-refractivity contribution < 1.29 is 49.7 Å². The molecule has 0 aromatic heterocycles. The number of piperazine rings is 1. The van der Waals surface area contributed by atoms with E-state index in [2.05, 4.69) is 29.2 Å². The first kappa shape index (κ1) is 24.8. The third kappa shape index (κ3) is 7.64. The van der Waals surface area contributed by atoms with Crippen molar-refractivity contribution in [2.45, 2.75) is 6.10 Å². The van der Waals surface area contributed by atoms with Crippen molar-refractivity contribution in [3.63, 3.8) is 0 Å². The first-order valence-electron chi connectivity index (χ1n) is 9.08. The van der Waals surface area contributed by atoms with E-state index in [9.17, 15) is 9.90 Å². The van der Waals surface area contributed by atoms with Crippen molar-refractivity contribution >= 4 is 5.97 Å². The molecule has 146 valence electrons. The fourth-order valence-electron chi connectivity index (χ4n) is 3.29. The molecule has 0 saturated carbocycles. The maximum absolute atomic E-state index is 10.7. The van der Waals surface area contributed by atoms with Gasteiger partial charge in [-0.25, -0.2) is 0 Å². The Morgan fingerprint density at radius 3 is 1.82 bits per heavy atom. The minimum atomic E-state index is -1.00. The molecule has 28 heavy (non-hydrogen) atoms. The van der Waals surface area contributed by atoms with Crippen LogP contribution in [0.3, 0.4) is 0 Å². The van der Waals surface area contributed by atoms with Gasteiger partial charge in [-0.05, 0) is 11.1 Å². The second kappa shape index (κ2) is 13.1. The van der Waals surface area contributed by atoms with E-state index in [0.717, 1.165) is 43.9 Å². The minimum absolute atomic E-state index is 0. The predicted molar refractivity (Wildman–Crippen MR) is 102 cm³/mol. The molecule has 2 aromatic rings. The van der Waals surface area contributed by atoms with Crippen LogP contribution >= 0.6 is 0 Å². The van der Waals surface area contributed by atoms with Gasteiger partial charge in [0, 0.05) is 39.3 Å². The third-order valence-electron chi connectivity index (χ3n) is 4.71. The summed E-state index contributed by atoms with van der Waals surface area (Å²) in [7, 11) is 0. The predicted octanol–water partition coefficient (Wildman–Crippen LogP) is -2.66. The molecule has 6 nitrogen and oxygen atoms in total. The van der Waals surface area contributed by atoms with Crippen LogP contribution in [0.5, 0.6) is 0 Å². The molecule has 0 bridgehead atoms. The molecule has 2 N–H and O–H groups in total. The molecule has 1 aliphatic rings. The van der Waals surface area contributed by atoms with E-state index in [4.69, 9.17) is 4.74 Å². The van der Waals surface area contributed by atoms with Crippen molar-refractivity contribution in [2.24, 2.45) is 0 Å². The van der Waals surface area contributed by atoms with Gasteiger partial charge in [-0.1, -0.05) is 60.7 Å². The van der Waals surface area contributed by atoms with Gasteiger partial charge in [0.05, 0.1) is 12.6 Å². The summed E-state index contributed by atoms with van der Waals surface area (Å²) in [5.74, 6) is -1.00. The topological polar surface area (TPSA) is 87.3 Å². The van der Waals surface area contributed by atoms with Crippen molar-refractivity contribution in [1.82, 2.24) is 9.80 Å². The Hall–Kier alpha value is -1.25. The molecule has 0 aliphatic carbocycles. The summed E-state index contributed by atoms with van der Waals surface area (Å²) in [6, 6.07) is 20.5. The molecule has 2 aromatic carbocycles. The number of benzene rings is 2. The van der Waals surface area contributed by atoms with Gasteiger partial charge < -0.3 is 20.1 Å². The minimum Gasteiger partial charge on any atom is -0.549 e. The van der Waals surface area contributed by atoms with E-state index in [1.807, 2.05) is 41.3 Å². The Morgan fingerprint density at radius 2 is 1.36 bits per heavy atom. The molecule has 1 aliphatic heterocycles. The number of ether oxygens (including phenoxy) is 1. The summed E-state index contributed by atoms with van der Waals surface area (Å²) < 4.78 is 6.25. The molecule has 0 unspecified atom stereocenters. The fourth-order valence-corrected chi connectivity index (χ4v) is 3.29. The van der Waals surface area contributed by atoms with Crippen LogP contribution in [0.2, 0.25) is 0 Å². The standard InChI is InChI=1S/C21H26N2O3.Na.H2O/c24-20(25)17-23-13-11-22(12-14-23)15-16-26-21(18-7-3-1-4-8-18)19-9-5-2-6-10-19;;/h1-10,21H,11-17H2,(H,24,25);;1H2/q;+1;/p-1. The molecular weight excluding hydrogens is 367 g/mol. The van der Waals surface area contributed by atoms with Crippen molar-refractivity contribution in [1.29, 1.82) is 0 Å². The zero-order chi connectivity index (χ0) is 18.2. The average molecular weight is 394 g/mol.